The monoisotopic (exact) mass is 496 g/mol. The van der Waals surface area contributed by atoms with Crippen molar-refractivity contribution in [3.05, 3.63) is 24.3 Å². The largest absolute Gasteiger partial charge is 0.573 e. The fraction of sp³-hybridized carbons (Fsp3) is 0.667. The Balaban J connectivity index is 1.29. The molecule has 192 valence electrons. The zero-order valence-electron chi connectivity index (χ0n) is 20.0. The van der Waals surface area contributed by atoms with Crippen LogP contribution in [-0.4, -0.2) is 76.1 Å². The molecule has 2 N–H and O–H groups in total. The van der Waals surface area contributed by atoms with Crippen LogP contribution >= 0.6 is 0 Å². The van der Waals surface area contributed by atoms with E-state index in [2.05, 4.69) is 37.9 Å². The third-order valence-electron chi connectivity index (χ3n) is 7.70. The maximum Gasteiger partial charge on any atom is 0.573 e. The normalized spacial score (nSPS) is 27.4. The molecule has 3 heterocycles. The highest BCUT2D eigenvalue weighted by Gasteiger charge is 2.58. The number of hydrogen-bond acceptors (Lipinski definition) is 6. The summed E-state index contributed by atoms with van der Waals surface area (Å²) in [4.78, 5) is 13.4. The third-order valence-corrected chi connectivity index (χ3v) is 7.70. The van der Waals surface area contributed by atoms with Crippen molar-refractivity contribution < 1.29 is 22.3 Å². The number of fused-ring (bicyclic) bond motifs is 1. The summed E-state index contributed by atoms with van der Waals surface area (Å²) >= 11 is 0. The number of nitrogens with two attached hydrogens (primary N) is 1. The number of hydrogen-bond donors (Lipinski definition) is 1. The second-order valence-electron chi connectivity index (χ2n) is 10.2. The number of piperazine rings is 1. The van der Waals surface area contributed by atoms with Gasteiger partial charge in [0, 0.05) is 68.7 Å². The number of pyridine rings is 1. The zero-order chi connectivity index (χ0) is 24.9. The minimum Gasteiger partial charge on any atom is -0.402 e. The quantitative estimate of drug-likeness (QED) is 0.583. The van der Waals surface area contributed by atoms with Gasteiger partial charge in [-0.15, -0.1) is 13.2 Å². The van der Waals surface area contributed by atoms with Crippen LogP contribution in [0, 0.1) is 11.8 Å². The second-order valence-corrected chi connectivity index (χ2v) is 10.2. The van der Waals surface area contributed by atoms with Crippen molar-refractivity contribution >= 4 is 5.82 Å². The summed E-state index contributed by atoms with van der Waals surface area (Å²) in [7, 11) is 0. The van der Waals surface area contributed by atoms with E-state index in [9.17, 15) is 17.6 Å². The van der Waals surface area contributed by atoms with Crippen molar-refractivity contribution in [1.29, 1.82) is 0 Å². The van der Waals surface area contributed by atoms with Gasteiger partial charge in [0.2, 0.25) is 0 Å². The maximum atomic E-state index is 12.7. The molecule has 3 fully saturated rings. The molecule has 2 aromatic heterocycles. The summed E-state index contributed by atoms with van der Waals surface area (Å²) in [5.41, 5.74) is 6.60. The van der Waals surface area contributed by atoms with Crippen LogP contribution < -0.4 is 10.5 Å². The van der Waals surface area contributed by atoms with Crippen LogP contribution in [0.25, 0.3) is 11.3 Å². The number of halogens is 4. The van der Waals surface area contributed by atoms with Crippen molar-refractivity contribution in [2.75, 3.05) is 45.1 Å². The van der Waals surface area contributed by atoms with Crippen LogP contribution in [0.2, 0.25) is 0 Å². The molecular formula is C24H32F4N6O. The predicted octanol–water partition coefficient (Wildman–Crippen LogP) is 4.09. The molecule has 3 aliphatic rings. The molecule has 0 amide bonds. The molecule has 0 aromatic carbocycles. The first-order valence-corrected chi connectivity index (χ1v) is 12.3. The van der Waals surface area contributed by atoms with Gasteiger partial charge >= 0.3 is 6.36 Å². The number of anilines is 1. The standard InChI is InChI=1S/C24H32F4N6O/c1-14(2)23-31-19(15-9-20(22(29)30-12-15)35-24(26,27)28)13-34(23)21-17-10-16(11-18(17)21)33-7-5-32(4-3-25)6-8-33/h9,12-14,16-18,21H,3-8,10-11H2,1-2H3,(H2,29,30)/t16?,17-,18+,21?. The van der Waals surface area contributed by atoms with Crippen LogP contribution in [0.1, 0.15) is 44.5 Å². The van der Waals surface area contributed by atoms with Gasteiger partial charge in [-0.1, -0.05) is 13.8 Å². The Morgan fingerprint density at radius 2 is 1.83 bits per heavy atom. The summed E-state index contributed by atoms with van der Waals surface area (Å²) in [5, 5.41) is 0. The summed E-state index contributed by atoms with van der Waals surface area (Å²) in [6, 6.07) is 2.19. The molecular weight excluding hydrogens is 464 g/mol. The maximum absolute atomic E-state index is 12.7. The third kappa shape index (κ3) is 4.97. The summed E-state index contributed by atoms with van der Waals surface area (Å²) in [6.07, 6.45) is 0.793. The van der Waals surface area contributed by atoms with E-state index in [1.165, 1.54) is 12.3 Å². The number of aromatic nitrogens is 3. The Hall–Kier alpha value is -2.40. The number of ether oxygens (including phenoxy) is 1. The lowest BCUT2D eigenvalue weighted by Crippen LogP contribution is -2.50. The van der Waals surface area contributed by atoms with E-state index in [0.717, 1.165) is 44.8 Å². The molecule has 2 aromatic rings. The fourth-order valence-corrected chi connectivity index (χ4v) is 5.97. The van der Waals surface area contributed by atoms with E-state index in [1.807, 2.05) is 6.20 Å². The molecule has 11 heteroatoms. The molecule has 7 nitrogen and oxygen atoms in total. The van der Waals surface area contributed by atoms with Crippen LogP contribution in [0.5, 0.6) is 5.75 Å². The van der Waals surface area contributed by atoms with E-state index in [0.29, 0.717) is 41.7 Å². The first-order chi connectivity index (χ1) is 16.6. The number of imidazole rings is 1. The van der Waals surface area contributed by atoms with Gasteiger partial charge < -0.3 is 15.0 Å². The van der Waals surface area contributed by atoms with Gasteiger partial charge in [0.1, 0.15) is 12.5 Å². The van der Waals surface area contributed by atoms with Crippen molar-refractivity contribution in [2.45, 2.75) is 51.1 Å². The minimum absolute atomic E-state index is 0.164. The van der Waals surface area contributed by atoms with Gasteiger partial charge in [-0.3, -0.25) is 9.80 Å². The van der Waals surface area contributed by atoms with Crippen LogP contribution in [0.15, 0.2) is 18.5 Å². The molecule has 2 aliphatic carbocycles. The van der Waals surface area contributed by atoms with Crippen LogP contribution in [0.3, 0.4) is 0 Å². The van der Waals surface area contributed by atoms with E-state index in [1.54, 1.807) is 0 Å². The van der Waals surface area contributed by atoms with E-state index >= 15 is 0 Å². The van der Waals surface area contributed by atoms with Gasteiger partial charge in [0.05, 0.1) is 5.69 Å². The fourth-order valence-electron chi connectivity index (χ4n) is 5.97. The number of rotatable bonds is 7. The molecule has 5 rings (SSSR count). The molecule has 2 saturated carbocycles. The number of alkyl halides is 4. The first kappa shape index (κ1) is 24.3. The topological polar surface area (TPSA) is 72.4 Å². The number of nitrogen functional groups attached to an aromatic ring is 1. The Kier molecular flexibility index (Phi) is 6.41. The minimum atomic E-state index is -4.85. The van der Waals surface area contributed by atoms with Gasteiger partial charge in [-0.2, -0.15) is 0 Å². The average molecular weight is 497 g/mol. The lowest BCUT2D eigenvalue weighted by Gasteiger charge is -2.38. The van der Waals surface area contributed by atoms with E-state index < -0.39 is 12.1 Å². The highest BCUT2D eigenvalue weighted by atomic mass is 19.4. The van der Waals surface area contributed by atoms with Crippen molar-refractivity contribution in [1.82, 2.24) is 24.3 Å². The average Bonchev–Trinajstić information content (AvgIpc) is 3.14. The Morgan fingerprint density at radius 1 is 1.14 bits per heavy atom. The Labute approximate surface area is 202 Å². The van der Waals surface area contributed by atoms with Crippen LogP contribution in [0.4, 0.5) is 23.4 Å². The molecule has 2 unspecified atom stereocenters. The molecule has 0 spiro atoms. The highest BCUT2D eigenvalue weighted by Crippen LogP contribution is 2.62. The van der Waals surface area contributed by atoms with Crippen LogP contribution in [-0.2, 0) is 0 Å². The SMILES string of the molecule is CC(C)c1nc(-c2cnc(N)c(OC(F)(F)F)c2)cn1C1[C@H]2CC(N3CCN(CCF)CC3)C[C@@H]12. The van der Waals surface area contributed by atoms with Crippen molar-refractivity contribution in [2.24, 2.45) is 11.8 Å². The van der Waals surface area contributed by atoms with Gasteiger partial charge in [0.25, 0.3) is 0 Å². The molecule has 0 radical (unpaired) electrons. The van der Waals surface area contributed by atoms with Crippen molar-refractivity contribution in [3.8, 4) is 17.0 Å². The van der Waals surface area contributed by atoms with Crippen molar-refractivity contribution in [3.63, 3.8) is 0 Å². The summed E-state index contributed by atoms with van der Waals surface area (Å²) in [6.45, 7) is 8.22. The molecule has 4 atom stereocenters. The Bertz CT molecular complexity index is 1040. The predicted molar refractivity (Wildman–Crippen MR) is 124 cm³/mol. The first-order valence-electron chi connectivity index (χ1n) is 12.3. The molecule has 1 aliphatic heterocycles. The number of nitrogens with zero attached hydrogens (tertiary/aromatic N) is 5. The highest BCUT2D eigenvalue weighted by molar-refractivity contribution is 5.64. The zero-order valence-corrected chi connectivity index (χ0v) is 20.0. The van der Waals surface area contributed by atoms with Gasteiger partial charge in [-0.25, -0.2) is 14.4 Å². The molecule has 0 bridgehead atoms. The van der Waals surface area contributed by atoms with E-state index in [-0.39, 0.29) is 18.4 Å². The lowest BCUT2D eigenvalue weighted by atomic mass is 10.1. The van der Waals surface area contributed by atoms with Gasteiger partial charge in [0.15, 0.2) is 11.6 Å². The summed E-state index contributed by atoms with van der Waals surface area (Å²) in [5.74, 6) is 1.41. The Morgan fingerprint density at radius 3 is 2.43 bits per heavy atom. The molecule has 1 saturated heterocycles. The van der Waals surface area contributed by atoms with Gasteiger partial charge in [-0.05, 0) is 30.7 Å². The summed E-state index contributed by atoms with van der Waals surface area (Å²) < 4.78 is 57.1. The molecule has 35 heavy (non-hydrogen) atoms. The van der Waals surface area contributed by atoms with E-state index in [4.69, 9.17) is 10.7 Å². The smallest absolute Gasteiger partial charge is 0.402 e. The second kappa shape index (κ2) is 9.24. The lowest BCUT2D eigenvalue weighted by molar-refractivity contribution is -0.274.